The summed E-state index contributed by atoms with van der Waals surface area (Å²) in [6.45, 7) is 5.07. The van der Waals surface area contributed by atoms with Crippen LogP contribution in [0.25, 0.3) is 0 Å². The van der Waals surface area contributed by atoms with Gasteiger partial charge in [0.2, 0.25) is 0 Å². The lowest BCUT2D eigenvalue weighted by Crippen LogP contribution is -2.34. The molecule has 2 amide bonds. The molecule has 0 spiro atoms. The van der Waals surface area contributed by atoms with Gasteiger partial charge in [-0.15, -0.1) is 6.58 Å². The number of rotatable bonds is 5. The molecular formula is C10H14N4O3. The summed E-state index contributed by atoms with van der Waals surface area (Å²) in [6.07, 6.45) is 4.40. The molecule has 1 unspecified atom stereocenters. The second kappa shape index (κ2) is 5.69. The fraction of sp³-hybridized carbons (Fsp3) is 0.300. The minimum absolute atomic E-state index is 0.149. The Bertz CT molecular complexity index is 427. The van der Waals surface area contributed by atoms with Gasteiger partial charge < -0.3 is 15.7 Å². The molecule has 0 aromatic carbocycles. The van der Waals surface area contributed by atoms with Crippen molar-refractivity contribution in [2.75, 3.05) is 5.32 Å². The molecule has 3 N–H and O–H groups in total. The average molecular weight is 238 g/mol. The number of anilines is 1. The number of carbonyl (C=O) groups is 2. The molecule has 0 radical (unpaired) electrons. The Morgan fingerprint density at radius 3 is 3.00 bits per heavy atom. The van der Waals surface area contributed by atoms with Crippen LogP contribution >= 0.6 is 0 Å². The van der Waals surface area contributed by atoms with Crippen LogP contribution < -0.4 is 10.6 Å². The zero-order valence-corrected chi connectivity index (χ0v) is 9.38. The van der Waals surface area contributed by atoms with Crippen LogP contribution in [0.2, 0.25) is 0 Å². The first kappa shape index (κ1) is 12.8. The Morgan fingerprint density at radius 1 is 1.71 bits per heavy atom. The van der Waals surface area contributed by atoms with Gasteiger partial charge in [0.15, 0.2) is 0 Å². The SMILES string of the molecule is C=CC(C)NC(=O)Nc1cnn(CC(=O)O)c1. The number of aliphatic carboxylic acids is 1. The maximum Gasteiger partial charge on any atom is 0.325 e. The van der Waals surface area contributed by atoms with Crippen LogP contribution in [0.1, 0.15) is 6.92 Å². The molecule has 7 heteroatoms. The molecule has 1 heterocycles. The smallest absolute Gasteiger partial charge is 0.325 e. The summed E-state index contributed by atoms with van der Waals surface area (Å²) in [5, 5.41) is 17.5. The summed E-state index contributed by atoms with van der Waals surface area (Å²) in [6, 6.07) is -0.545. The van der Waals surface area contributed by atoms with E-state index >= 15 is 0 Å². The number of carbonyl (C=O) groups excluding carboxylic acids is 1. The molecule has 0 bridgehead atoms. The minimum Gasteiger partial charge on any atom is -0.480 e. The molecule has 0 aliphatic heterocycles. The van der Waals surface area contributed by atoms with E-state index in [4.69, 9.17) is 5.11 Å². The summed E-state index contributed by atoms with van der Waals surface area (Å²) >= 11 is 0. The number of carboxylic acid groups (broad SMARTS) is 1. The predicted octanol–water partition coefficient (Wildman–Crippen LogP) is 0.664. The largest absolute Gasteiger partial charge is 0.480 e. The minimum atomic E-state index is -0.996. The first-order chi connectivity index (χ1) is 8.01. The second-order valence-electron chi connectivity index (χ2n) is 3.44. The van der Waals surface area contributed by atoms with E-state index < -0.39 is 12.0 Å². The summed E-state index contributed by atoms with van der Waals surface area (Å²) in [5.41, 5.74) is 0.431. The fourth-order valence-corrected chi connectivity index (χ4v) is 1.09. The van der Waals surface area contributed by atoms with Crippen molar-refractivity contribution in [1.29, 1.82) is 0 Å². The molecule has 0 saturated carbocycles. The Balaban J connectivity index is 2.51. The first-order valence-corrected chi connectivity index (χ1v) is 4.95. The summed E-state index contributed by atoms with van der Waals surface area (Å²) in [4.78, 5) is 21.8. The number of nitrogens with one attached hydrogen (secondary N) is 2. The summed E-state index contributed by atoms with van der Waals surface area (Å²) in [5.74, 6) is -0.996. The maximum absolute atomic E-state index is 11.4. The van der Waals surface area contributed by atoms with Crippen LogP contribution in [0.15, 0.2) is 25.0 Å². The first-order valence-electron chi connectivity index (χ1n) is 4.95. The highest BCUT2D eigenvalue weighted by molar-refractivity contribution is 5.89. The number of amides is 2. The van der Waals surface area contributed by atoms with Crippen molar-refractivity contribution < 1.29 is 14.7 Å². The van der Waals surface area contributed by atoms with Crippen LogP contribution in [0.3, 0.4) is 0 Å². The van der Waals surface area contributed by atoms with Gasteiger partial charge in [-0.3, -0.25) is 9.48 Å². The van der Waals surface area contributed by atoms with Gasteiger partial charge in [-0.1, -0.05) is 6.08 Å². The normalized spacial score (nSPS) is 11.6. The van der Waals surface area contributed by atoms with Gasteiger partial charge in [-0.2, -0.15) is 5.10 Å². The van der Waals surface area contributed by atoms with Crippen LogP contribution in [0.5, 0.6) is 0 Å². The van der Waals surface area contributed by atoms with Gasteiger partial charge in [0.25, 0.3) is 0 Å². The zero-order chi connectivity index (χ0) is 12.8. The van der Waals surface area contributed by atoms with Crippen molar-refractivity contribution in [3.05, 3.63) is 25.0 Å². The zero-order valence-electron chi connectivity index (χ0n) is 9.38. The fourth-order valence-electron chi connectivity index (χ4n) is 1.09. The molecule has 0 saturated heterocycles. The molecule has 1 rings (SSSR count). The number of carboxylic acids is 1. The number of hydrogen-bond donors (Lipinski definition) is 3. The van der Waals surface area contributed by atoms with Gasteiger partial charge in [0, 0.05) is 12.2 Å². The third-order valence-corrected chi connectivity index (χ3v) is 1.90. The lowest BCUT2D eigenvalue weighted by molar-refractivity contribution is -0.137. The van der Waals surface area contributed by atoms with Crippen molar-refractivity contribution in [3.8, 4) is 0 Å². The Hall–Kier alpha value is -2.31. The quantitative estimate of drug-likeness (QED) is 0.656. The third kappa shape index (κ3) is 4.37. The monoisotopic (exact) mass is 238 g/mol. The van der Waals surface area contributed by atoms with Crippen molar-refractivity contribution in [2.24, 2.45) is 0 Å². The lowest BCUT2D eigenvalue weighted by Gasteiger charge is -2.09. The van der Waals surface area contributed by atoms with Gasteiger partial charge in [-0.05, 0) is 6.92 Å². The van der Waals surface area contributed by atoms with Gasteiger partial charge in [0.05, 0.1) is 11.9 Å². The third-order valence-electron chi connectivity index (χ3n) is 1.90. The second-order valence-corrected chi connectivity index (χ2v) is 3.44. The van der Waals surface area contributed by atoms with Crippen LogP contribution in [-0.4, -0.2) is 32.9 Å². The van der Waals surface area contributed by atoms with E-state index in [1.54, 1.807) is 13.0 Å². The van der Waals surface area contributed by atoms with E-state index in [0.29, 0.717) is 5.69 Å². The molecule has 92 valence electrons. The van der Waals surface area contributed by atoms with Crippen LogP contribution in [0.4, 0.5) is 10.5 Å². The number of aromatic nitrogens is 2. The van der Waals surface area contributed by atoms with E-state index in [-0.39, 0.29) is 12.6 Å². The number of nitrogens with zero attached hydrogens (tertiary/aromatic N) is 2. The van der Waals surface area contributed by atoms with E-state index in [1.807, 2.05) is 0 Å². The summed E-state index contributed by atoms with van der Waals surface area (Å²) < 4.78 is 1.22. The van der Waals surface area contributed by atoms with Gasteiger partial charge in [-0.25, -0.2) is 4.79 Å². The summed E-state index contributed by atoms with van der Waals surface area (Å²) in [7, 11) is 0. The molecule has 0 fully saturated rings. The highest BCUT2D eigenvalue weighted by Crippen LogP contribution is 2.04. The maximum atomic E-state index is 11.4. The molecule has 1 atom stereocenters. The number of hydrogen-bond acceptors (Lipinski definition) is 3. The average Bonchev–Trinajstić information content (AvgIpc) is 2.63. The predicted molar refractivity (Wildman–Crippen MR) is 61.7 cm³/mol. The van der Waals surface area contributed by atoms with Gasteiger partial charge in [0.1, 0.15) is 6.54 Å². The van der Waals surface area contributed by atoms with E-state index in [1.165, 1.54) is 17.1 Å². The van der Waals surface area contributed by atoms with Crippen LogP contribution in [0, 0.1) is 0 Å². The van der Waals surface area contributed by atoms with Crippen molar-refractivity contribution >= 4 is 17.7 Å². The van der Waals surface area contributed by atoms with E-state index in [0.717, 1.165) is 0 Å². The van der Waals surface area contributed by atoms with Gasteiger partial charge >= 0.3 is 12.0 Å². The lowest BCUT2D eigenvalue weighted by atomic mass is 10.3. The Morgan fingerprint density at radius 2 is 2.41 bits per heavy atom. The Labute approximate surface area is 98.1 Å². The van der Waals surface area contributed by atoms with Crippen LogP contribution in [-0.2, 0) is 11.3 Å². The molecule has 0 aliphatic rings. The topological polar surface area (TPSA) is 96.3 Å². The van der Waals surface area contributed by atoms with Crippen molar-refractivity contribution in [1.82, 2.24) is 15.1 Å². The molecule has 7 nitrogen and oxygen atoms in total. The van der Waals surface area contributed by atoms with E-state index in [2.05, 4.69) is 22.3 Å². The Kier molecular flexibility index (Phi) is 4.27. The molecule has 0 aliphatic carbocycles. The van der Waals surface area contributed by atoms with Crippen molar-refractivity contribution in [3.63, 3.8) is 0 Å². The number of urea groups is 1. The van der Waals surface area contributed by atoms with E-state index in [9.17, 15) is 9.59 Å². The standard InChI is InChI=1S/C10H14N4O3/c1-3-7(2)12-10(17)13-8-4-11-14(5-8)6-9(15)16/h3-5,7H,1,6H2,2H3,(H,15,16)(H2,12,13,17). The molecule has 17 heavy (non-hydrogen) atoms. The highest BCUT2D eigenvalue weighted by Gasteiger charge is 2.07. The molecule has 1 aromatic heterocycles. The molecule has 1 aromatic rings. The molecular weight excluding hydrogens is 224 g/mol. The van der Waals surface area contributed by atoms with Crippen molar-refractivity contribution in [2.45, 2.75) is 19.5 Å². The highest BCUT2D eigenvalue weighted by atomic mass is 16.4.